The number of β-lactam (4-membered cyclic amide) rings is 1. The van der Waals surface area contributed by atoms with E-state index in [0.717, 1.165) is 0 Å². The number of hydrogen-bond acceptors (Lipinski definition) is 6. The van der Waals surface area contributed by atoms with E-state index in [1.807, 2.05) is 13.8 Å². The first-order chi connectivity index (χ1) is 13.4. The maximum atomic E-state index is 13.4. The highest BCUT2D eigenvalue weighted by atomic mass is 32.2. The Hall–Kier alpha value is -1.68. The lowest BCUT2D eigenvalue weighted by molar-refractivity contribution is -0.155. The van der Waals surface area contributed by atoms with Crippen LogP contribution in [0.5, 0.6) is 0 Å². The molecule has 0 radical (unpaired) electrons. The molecule has 3 fully saturated rings. The van der Waals surface area contributed by atoms with Gasteiger partial charge in [-0.15, -0.1) is 0 Å². The van der Waals surface area contributed by atoms with Crippen molar-refractivity contribution in [2.75, 3.05) is 13.2 Å². The van der Waals surface area contributed by atoms with Gasteiger partial charge in [-0.1, -0.05) is 13.8 Å². The first-order valence-electron chi connectivity index (χ1n) is 10.2. The second-order valence-corrected chi connectivity index (χ2v) is 11.9. The molecule has 164 valence electrons. The van der Waals surface area contributed by atoms with Gasteiger partial charge in [0.1, 0.15) is 17.5 Å². The van der Waals surface area contributed by atoms with Crippen molar-refractivity contribution in [1.82, 2.24) is 15.1 Å². The van der Waals surface area contributed by atoms with Crippen molar-refractivity contribution in [3.63, 3.8) is 0 Å². The third kappa shape index (κ3) is 3.43. The lowest BCUT2D eigenvalue weighted by Gasteiger charge is -2.39. The average molecular weight is 430 g/mol. The van der Waals surface area contributed by atoms with Gasteiger partial charge in [-0.25, -0.2) is 8.42 Å². The van der Waals surface area contributed by atoms with Crippen LogP contribution in [0.3, 0.4) is 0 Å². The molecule has 0 saturated carbocycles. The van der Waals surface area contributed by atoms with E-state index >= 15 is 0 Å². The quantitative estimate of drug-likeness (QED) is 0.556. The Labute approximate surface area is 171 Å². The van der Waals surface area contributed by atoms with Crippen LogP contribution < -0.4 is 5.32 Å². The zero-order chi connectivity index (χ0) is 21.7. The summed E-state index contributed by atoms with van der Waals surface area (Å²) >= 11 is 0. The summed E-state index contributed by atoms with van der Waals surface area (Å²) in [4.78, 5) is 40.9. The van der Waals surface area contributed by atoms with Gasteiger partial charge in [-0.2, -0.15) is 0 Å². The number of hydrogen-bond donors (Lipinski definition) is 2. The van der Waals surface area contributed by atoms with Crippen LogP contribution in [0.4, 0.5) is 0 Å². The van der Waals surface area contributed by atoms with E-state index in [-0.39, 0.29) is 30.8 Å². The molecule has 3 rings (SSSR count). The zero-order valence-electron chi connectivity index (χ0n) is 17.4. The molecule has 10 heteroatoms. The predicted octanol–water partition coefficient (Wildman–Crippen LogP) is -0.365. The second-order valence-electron chi connectivity index (χ2n) is 9.22. The SMILES string of the molecule is CC(C)CC(CO)NC(=O)C1CCCN1C(=O)C1N2C(=O)CC2S(=O)(=O)C1(C)C. The van der Waals surface area contributed by atoms with Gasteiger partial charge in [0.15, 0.2) is 9.84 Å². The molecule has 3 amide bonds. The Morgan fingerprint density at radius 3 is 2.52 bits per heavy atom. The van der Waals surface area contributed by atoms with E-state index in [0.29, 0.717) is 25.8 Å². The van der Waals surface area contributed by atoms with Crippen LogP contribution in [0.25, 0.3) is 0 Å². The predicted molar refractivity (Wildman–Crippen MR) is 105 cm³/mol. The number of carbonyl (C=O) groups excluding carboxylic acids is 3. The number of sulfone groups is 1. The van der Waals surface area contributed by atoms with Gasteiger partial charge in [-0.05, 0) is 39.0 Å². The Kier molecular flexibility index (Phi) is 5.72. The first-order valence-corrected chi connectivity index (χ1v) is 11.7. The van der Waals surface area contributed by atoms with Crippen LogP contribution in [-0.4, -0.2) is 82.4 Å². The fourth-order valence-electron chi connectivity index (χ4n) is 4.73. The molecule has 3 aliphatic rings. The maximum absolute atomic E-state index is 13.4. The molecule has 0 aromatic carbocycles. The van der Waals surface area contributed by atoms with E-state index in [1.54, 1.807) is 0 Å². The zero-order valence-corrected chi connectivity index (χ0v) is 18.2. The van der Waals surface area contributed by atoms with E-state index < -0.39 is 44.0 Å². The number of rotatable bonds is 6. The minimum atomic E-state index is -3.67. The molecule has 2 N–H and O–H groups in total. The molecule has 3 heterocycles. The monoisotopic (exact) mass is 429 g/mol. The number of likely N-dealkylation sites (tertiary alicyclic amines) is 1. The van der Waals surface area contributed by atoms with Crippen LogP contribution in [-0.2, 0) is 24.2 Å². The van der Waals surface area contributed by atoms with E-state index in [9.17, 15) is 27.9 Å². The molecule has 0 aromatic rings. The third-order valence-electron chi connectivity index (χ3n) is 6.37. The minimum absolute atomic E-state index is 0.0904. The van der Waals surface area contributed by atoms with Crippen LogP contribution in [0.1, 0.15) is 53.4 Å². The number of carbonyl (C=O) groups is 3. The Morgan fingerprint density at radius 2 is 1.97 bits per heavy atom. The molecule has 0 aliphatic carbocycles. The van der Waals surface area contributed by atoms with Gasteiger partial charge < -0.3 is 20.2 Å². The van der Waals surface area contributed by atoms with Gasteiger partial charge in [0, 0.05) is 6.54 Å². The number of aliphatic hydroxyl groups is 1. The summed E-state index contributed by atoms with van der Waals surface area (Å²) in [5, 5.41) is 11.4. The number of amides is 3. The van der Waals surface area contributed by atoms with Gasteiger partial charge >= 0.3 is 0 Å². The number of fused-ring (bicyclic) bond motifs is 1. The molecule has 4 unspecified atom stereocenters. The summed E-state index contributed by atoms with van der Waals surface area (Å²) in [5.74, 6) is -0.899. The van der Waals surface area contributed by atoms with Crippen LogP contribution >= 0.6 is 0 Å². The summed E-state index contributed by atoms with van der Waals surface area (Å²) in [6.07, 6.45) is 1.61. The fraction of sp³-hybridized carbons (Fsp3) is 0.842. The highest BCUT2D eigenvalue weighted by molar-refractivity contribution is 7.93. The van der Waals surface area contributed by atoms with E-state index in [1.165, 1.54) is 23.6 Å². The van der Waals surface area contributed by atoms with Crippen molar-refractivity contribution in [3.8, 4) is 0 Å². The van der Waals surface area contributed by atoms with Gasteiger partial charge in [0.05, 0.1) is 23.8 Å². The van der Waals surface area contributed by atoms with Gasteiger partial charge in [0.2, 0.25) is 17.7 Å². The molecule has 0 spiro atoms. The molecule has 0 aromatic heterocycles. The maximum Gasteiger partial charge on any atom is 0.247 e. The molecule has 9 nitrogen and oxygen atoms in total. The lowest BCUT2D eigenvalue weighted by Crippen LogP contribution is -2.61. The molecule has 29 heavy (non-hydrogen) atoms. The molecule has 4 atom stereocenters. The Balaban J connectivity index is 1.80. The van der Waals surface area contributed by atoms with Crippen molar-refractivity contribution in [2.45, 2.75) is 81.6 Å². The van der Waals surface area contributed by atoms with Crippen molar-refractivity contribution in [2.24, 2.45) is 5.92 Å². The van der Waals surface area contributed by atoms with Crippen molar-refractivity contribution in [1.29, 1.82) is 0 Å². The van der Waals surface area contributed by atoms with Gasteiger partial charge in [0.25, 0.3) is 0 Å². The molecule has 0 bridgehead atoms. The van der Waals surface area contributed by atoms with Crippen LogP contribution in [0.2, 0.25) is 0 Å². The average Bonchev–Trinajstić information content (AvgIpc) is 3.15. The summed E-state index contributed by atoms with van der Waals surface area (Å²) in [5.41, 5.74) is 0. The van der Waals surface area contributed by atoms with Gasteiger partial charge in [-0.3, -0.25) is 14.4 Å². The highest BCUT2D eigenvalue weighted by Gasteiger charge is 2.68. The highest BCUT2D eigenvalue weighted by Crippen LogP contribution is 2.46. The molecule has 3 aliphatic heterocycles. The molecular formula is C19H31N3O6S. The number of aliphatic hydroxyl groups excluding tert-OH is 1. The fourth-order valence-corrected chi connectivity index (χ4v) is 6.86. The minimum Gasteiger partial charge on any atom is -0.394 e. The summed E-state index contributed by atoms with van der Waals surface area (Å²) in [7, 11) is -3.67. The largest absolute Gasteiger partial charge is 0.394 e. The number of nitrogens with one attached hydrogen (secondary N) is 1. The van der Waals surface area contributed by atoms with Crippen LogP contribution in [0, 0.1) is 5.92 Å². The molecule has 3 saturated heterocycles. The molecular weight excluding hydrogens is 398 g/mol. The standard InChI is InChI=1S/C19H31N3O6S/c1-11(2)8-12(10-23)20-17(25)13-6-5-7-21(13)18(26)16-19(3,4)29(27,28)15-9-14(24)22(15)16/h11-13,15-16,23H,5-10H2,1-4H3,(H,20,25). The smallest absolute Gasteiger partial charge is 0.247 e. The van der Waals surface area contributed by atoms with Crippen molar-refractivity contribution < 1.29 is 27.9 Å². The third-order valence-corrected chi connectivity index (χ3v) is 9.17. The Bertz CT molecular complexity index is 809. The summed E-state index contributed by atoms with van der Waals surface area (Å²) in [6.45, 7) is 7.08. The first kappa shape index (κ1) is 22.0. The summed E-state index contributed by atoms with van der Waals surface area (Å²) in [6, 6.07) is -2.24. The normalized spacial score (nSPS) is 30.8. The lowest BCUT2D eigenvalue weighted by atomic mass is 9.96. The van der Waals surface area contributed by atoms with Crippen molar-refractivity contribution >= 4 is 27.6 Å². The Morgan fingerprint density at radius 1 is 1.31 bits per heavy atom. The second kappa shape index (κ2) is 7.54. The van der Waals surface area contributed by atoms with E-state index in [4.69, 9.17) is 0 Å². The van der Waals surface area contributed by atoms with E-state index in [2.05, 4.69) is 5.32 Å². The summed E-state index contributed by atoms with van der Waals surface area (Å²) < 4.78 is 24.2. The topological polar surface area (TPSA) is 124 Å². The number of nitrogens with zero attached hydrogens (tertiary/aromatic N) is 2. The van der Waals surface area contributed by atoms with Crippen LogP contribution in [0.15, 0.2) is 0 Å². The van der Waals surface area contributed by atoms with Crippen molar-refractivity contribution in [3.05, 3.63) is 0 Å².